The van der Waals surface area contributed by atoms with Gasteiger partial charge in [0, 0.05) is 6.54 Å². The van der Waals surface area contributed by atoms with Crippen LogP contribution >= 0.6 is 0 Å². The summed E-state index contributed by atoms with van der Waals surface area (Å²) < 4.78 is 5.07. The molecule has 0 saturated carbocycles. The molecule has 1 unspecified atom stereocenters. The van der Waals surface area contributed by atoms with E-state index in [1.807, 2.05) is 41.5 Å². The van der Waals surface area contributed by atoms with E-state index in [0.29, 0.717) is 13.0 Å². The standard InChI is InChI=1S/C12H25NO3/c1-11(2,3)9(14)7-8-13-10(15)16-12(4,5)6/h9,14H,7-8H2,1-6H3,(H,13,15). The van der Waals surface area contributed by atoms with Gasteiger partial charge in [-0.3, -0.25) is 0 Å². The first-order chi connectivity index (χ1) is 7.02. The summed E-state index contributed by atoms with van der Waals surface area (Å²) in [6.07, 6.45) is -0.334. The van der Waals surface area contributed by atoms with E-state index in [0.717, 1.165) is 0 Å². The second-order valence-electron chi connectivity index (χ2n) is 6.10. The van der Waals surface area contributed by atoms with E-state index in [1.165, 1.54) is 0 Å². The minimum absolute atomic E-state index is 0.157. The molecule has 0 fully saturated rings. The minimum atomic E-state index is -0.479. The highest BCUT2D eigenvalue weighted by molar-refractivity contribution is 5.67. The Balaban J connectivity index is 3.79. The first-order valence-corrected chi connectivity index (χ1v) is 5.67. The van der Waals surface area contributed by atoms with Crippen LogP contribution in [0.25, 0.3) is 0 Å². The number of hydrogen-bond donors (Lipinski definition) is 2. The molecule has 0 aliphatic carbocycles. The van der Waals surface area contributed by atoms with Crippen molar-refractivity contribution in [3.8, 4) is 0 Å². The highest BCUT2D eigenvalue weighted by atomic mass is 16.6. The molecule has 1 atom stereocenters. The lowest BCUT2D eigenvalue weighted by Crippen LogP contribution is -2.36. The maximum Gasteiger partial charge on any atom is 0.407 e. The number of aliphatic hydroxyl groups excluding tert-OH is 1. The van der Waals surface area contributed by atoms with Gasteiger partial charge in [-0.1, -0.05) is 20.8 Å². The lowest BCUT2D eigenvalue weighted by Gasteiger charge is -2.26. The van der Waals surface area contributed by atoms with Crippen LogP contribution in [0.3, 0.4) is 0 Å². The molecule has 4 heteroatoms. The summed E-state index contributed by atoms with van der Waals surface area (Å²) in [5.74, 6) is 0. The van der Waals surface area contributed by atoms with Crippen LogP contribution in [0, 0.1) is 5.41 Å². The molecule has 0 aliphatic rings. The van der Waals surface area contributed by atoms with Crippen LogP contribution in [-0.4, -0.2) is 29.4 Å². The quantitative estimate of drug-likeness (QED) is 0.783. The van der Waals surface area contributed by atoms with Gasteiger partial charge in [0.2, 0.25) is 0 Å². The Kier molecular flexibility index (Phi) is 5.26. The van der Waals surface area contributed by atoms with Crippen molar-refractivity contribution in [3.63, 3.8) is 0 Å². The molecule has 16 heavy (non-hydrogen) atoms. The number of carbonyl (C=O) groups excluding carboxylic acids is 1. The van der Waals surface area contributed by atoms with Crippen molar-refractivity contribution in [2.45, 2.75) is 59.7 Å². The van der Waals surface area contributed by atoms with Crippen LogP contribution in [0.15, 0.2) is 0 Å². The van der Waals surface area contributed by atoms with Crippen molar-refractivity contribution >= 4 is 6.09 Å². The maximum atomic E-state index is 11.3. The van der Waals surface area contributed by atoms with Gasteiger partial charge >= 0.3 is 6.09 Å². The predicted molar refractivity (Wildman–Crippen MR) is 64.3 cm³/mol. The summed E-state index contributed by atoms with van der Waals surface area (Å²) >= 11 is 0. The van der Waals surface area contributed by atoms with Gasteiger partial charge in [-0.25, -0.2) is 4.79 Å². The van der Waals surface area contributed by atoms with Crippen molar-refractivity contribution in [1.29, 1.82) is 0 Å². The molecule has 2 N–H and O–H groups in total. The van der Waals surface area contributed by atoms with Crippen LogP contribution in [0.2, 0.25) is 0 Å². The molecule has 0 rings (SSSR count). The number of hydrogen-bond acceptors (Lipinski definition) is 3. The molecule has 0 aliphatic heterocycles. The van der Waals surface area contributed by atoms with Crippen molar-refractivity contribution in [1.82, 2.24) is 5.32 Å². The molecule has 0 heterocycles. The Bertz CT molecular complexity index is 225. The smallest absolute Gasteiger partial charge is 0.407 e. The monoisotopic (exact) mass is 231 g/mol. The van der Waals surface area contributed by atoms with Crippen LogP contribution in [-0.2, 0) is 4.74 Å². The summed E-state index contributed by atoms with van der Waals surface area (Å²) in [5.41, 5.74) is -0.637. The lowest BCUT2D eigenvalue weighted by molar-refractivity contribution is 0.0436. The fourth-order valence-corrected chi connectivity index (χ4v) is 1.06. The average Bonchev–Trinajstić information content (AvgIpc) is 1.98. The van der Waals surface area contributed by atoms with E-state index in [9.17, 15) is 9.90 Å². The highest BCUT2D eigenvalue weighted by Crippen LogP contribution is 2.20. The molecule has 96 valence electrons. The minimum Gasteiger partial charge on any atom is -0.444 e. The van der Waals surface area contributed by atoms with E-state index < -0.39 is 17.8 Å². The normalized spacial score (nSPS) is 14.4. The number of carbonyl (C=O) groups is 1. The largest absolute Gasteiger partial charge is 0.444 e. The molecule has 0 spiro atoms. The fourth-order valence-electron chi connectivity index (χ4n) is 1.06. The molecule has 0 bridgehead atoms. The van der Waals surface area contributed by atoms with Crippen molar-refractivity contribution < 1.29 is 14.6 Å². The summed E-state index contributed by atoms with van der Waals surface area (Å²) in [5, 5.41) is 12.4. The third-order valence-electron chi connectivity index (χ3n) is 2.09. The number of alkyl carbamates (subject to hydrolysis) is 1. The first kappa shape index (κ1) is 15.2. The SMILES string of the molecule is CC(C)(C)OC(=O)NCCC(O)C(C)(C)C. The Morgan fingerprint density at radius 1 is 1.25 bits per heavy atom. The van der Waals surface area contributed by atoms with Gasteiger partial charge in [-0.15, -0.1) is 0 Å². The zero-order valence-corrected chi connectivity index (χ0v) is 11.3. The summed E-state index contributed by atoms with van der Waals surface area (Å²) in [7, 11) is 0. The topological polar surface area (TPSA) is 58.6 Å². The highest BCUT2D eigenvalue weighted by Gasteiger charge is 2.22. The van der Waals surface area contributed by atoms with E-state index in [-0.39, 0.29) is 5.41 Å². The van der Waals surface area contributed by atoms with Crippen molar-refractivity contribution in [2.24, 2.45) is 5.41 Å². The van der Waals surface area contributed by atoms with Crippen LogP contribution in [0.5, 0.6) is 0 Å². The van der Waals surface area contributed by atoms with E-state index in [1.54, 1.807) is 0 Å². The van der Waals surface area contributed by atoms with Gasteiger partial charge in [0.1, 0.15) is 5.60 Å². The molecule has 0 aromatic rings. The van der Waals surface area contributed by atoms with Crippen molar-refractivity contribution in [3.05, 3.63) is 0 Å². The number of rotatable bonds is 3. The van der Waals surface area contributed by atoms with Crippen LogP contribution < -0.4 is 5.32 Å². The van der Waals surface area contributed by atoms with E-state index >= 15 is 0 Å². The molecule has 0 radical (unpaired) electrons. The van der Waals surface area contributed by atoms with Crippen LogP contribution in [0.4, 0.5) is 4.79 Å². The Hall–Kier alpha value is -0.770. The van der Waals surface area contributed by atoms with Gasteiger partial charge in [0.25, 0.3) is 0 Å². The van der Waals surface area contributed by atoms with Gasteiger partial charge in [-0.2, -0.15) is 0 Å². The third-order valence-corrected chi connectivity index (χ3v) is 2.09. The molecule has 0 aromatic heterocycles. The number of nitrogens with one attached hydrogen (secondary N) is 1. The second kappa shape index (κ2) is 5.53. The molecular formula is C12H25NO3. The van der Waals surface area contributed by atoms with Gasteiger partial charge < -0.3 is 15.2 Å². The first-order valence-electron chi connectivity index (χ1n) is 5.67. The summed E-state index contributed by atoms with van der Waals surface area (Å²) in [4.78, 5) is 11.3. The Morgan fingerprint density at radius 2 is 1.75 bits per heavy atom. The van der Waals surface area contributed by atoms with Gasteiger partial charge in [0.05, 0.1) is 6.10 Å². The summed E-state index contributed by atoms with van der Waals surface area (Å²) in [6, 6.07) is 0. The van der Waals surface area contributed by atoms with Gasteiger partial charge in [-0.05, 0) is 32.6 Å². The number of amides is 1. The Labute approximate surface area is 98.4 Å². The zero-order chi connectivity index (χ0) is 13.0. The molecule has 0 aromatic carbocycles. The number of ether oxygens (including phenoxy) is 1. The fraction of sp³-hybridized carbons (Fsp3) is 0.917. The van der Waals surface area contributed by atoms with Gasteiger partial charge in [0.15, 0.2) is 0 Å². The summed E-state index contributed by atoms with van der Waals surface area (Å²) in [6.45, 7) is 11.8. The third kappa shape index (κ3) is 7.51. The molecule has 0 saturated heterocycles. The predicted octanol–water partition coefficient (Wildman–Crippen LogP) is 2.31. The Morgan fingerprint density at radius 3 is 2.12 bits per heavy atom. The number of aliphatic hydroxyl groups is 1. The van der Waals surface area contributed by atoms with E-state index in [4.69, 9.17) is 4.74 Å². The van der Waals surface area contributed by atoms with Crippen molar-refractivity contribution in [2.75, 3.05) is 6.54 Å². The maximum absolute atomic E-state index is 11.3. The second-order valence-corrected chi connectivity index (χ2v) is 6.10. The lowest BCUT2D eigenvalue weighted by atomic mass is 9.87. The average molecular weight is 231 g/mol. The molecular weight excluding hydrogens is 206 g/mol. The zero-order valence-electron chi connectivity index (χ0n) is 11.3. The molecule has 1 amide bonds. The van der Waals surface area contributed by atoms with Crippen LogP contribution in [0.1, 0.15) is 48.0 Å². The van der Waals surface area contributed by atoms with E-state index in [2.05, 4.69) is 5.32 Å². The molecule has 4 nitrogen and oxygen atoms in total.